The lowest BCUT2D eigenvalue weighted by atomic mass is 10.1. The van der Waals surface area contributed by atoms with Gasteiger partial charge in [-0.05, 0) is 31.9 Å². The van der Waals surface area contributed by atoms with Crippen LogP contribution < -0.4 is 10.9 Å². The van der Waals surface area contributed by atoms with Crippen LogP contribution in [0.3, 0.4) is 0 Å². The van der Waals surface area contributed by atoms with E-state index in [2.05, 4.69) is 10.9 Å². The van der Waals surface area contributed by atoms with E-state index in [1.165, 1.54) is 0 Å². The van der Waals surface area contributed by atoms with Gasteiger partial charge in [0.1, 0.15) is 6.04 Å². The summed E-state index contributed by atoms with van der Waals surface area (Å²) in [5.74, 6) is -0.159. The van der Waals surface area contributed by atoms with Gasteiger partial charge < -0.3 is 4.90 Å². The zero-order valence-electron chi connectivity index (χ0n) is 13.1. The van der Waals surface area contributed by atoms with Crippen LogP contribution in [-0.4, -0.2) is 39.3 Å². The zero-order valence-corrected chi connectivity index (χ0v) is 13.9. The molecule has 2 atom stereocenters. The molecule has 1 aromatic carbocycles. The zero-order chi connectivity index (χ0) is 16.6. The maximum atomic E-state index is 12.4. The Kier molecular flexibility index (Phi) is 4.06. The molecular formula is C16H19N3O3S. The highest BCUT2D eigenvalue weighted by Crippen LogP contribution is 2.47. The van der Waals surface area contributed by atoms with Crippen molar-refractivity contribution < 1.29 is 14.4 Å². The number of hydrogen-bond donors (Lipinski definition) is 2. The molecule has 3 rings (SSSR count). The number of nitrogens with one attached hydrogen (secondary N) is 2. The molecule has 0 aromatic heterocycles. The Balaban J connectivity index is 1.63. The third-order valence-electron chi connectivity index (χ3n) is 4.44. The number of benzene rings is 1. The molecule has 0 spiro atoms. The molecule has 7 heteroatoms. The number of hydrazine groups is 1. The molecule has 3 amide bonds. The molecule has 2 fully saturated rings. The van der Waals surface area contributed by atoms with Gasteiger partial charge in [-0.1, -0.05) is 18.2 Å². The maximum absolute atomic E-state index is 12.4. The fraction of sp³-hybridized carbons (Fsp3) is 0.438. The van der Waals surface area contributed by atoms with Crippen molar-refractivity contribution in [3.05, 3.63) is 35.4 Å². The summed E-state index contributed by atoms with van der Waals surface area (Å²) < 4.78 is 0. The number of hydrogen-bond acceptors (Lipinski definition) is 4. The summed E-state index contributed by atoms with van der Waals surface area (Å²) in [7, 11) is 0. The van der Waals surface area contributed by atoms with Crippen LogP contribution in [0.1, 0.15) is 35.7 Å². The smallest absolute Gasteiger partial charge is 0.269 e. The number of carbonyl (C=O) groups excluding carboxylic acids is 3. The van der Waals surface area contributed by atoms with Gasteiger partial charge in [0, 0.05) is 17.7 Å². The Morgan fingerprint density at radius 1 is 1.30 bits per heavy atom. The Bertz CT molecular complexity index is 678. The summed E-state index contributed by atoms with van der Waals surface area (Å²) in [5, 5.41) is 0. The van der Waals surface area contributed by atoms with E-state index < -0.39 is 6.04 Å². The number of fused-ring (bicyclic) bond motifs is 1. The second kappa shape index (κ2) is 5.88. The minimum Gasteiger partial charge on any atom is -0.315 e. The van der Waals surface area contributed by atoms with Crippen molar-refractivity contribution in [2.24, 2.45) is 0 Å². The third kappa shape index (κ3) is 2.81. The summed E-state index contributed by atoms with van der Waals surface area (Å²) in [6, 6.07) is 6.62. The first-order valence-electron chi connectivity index (χ1n) is 7.54. The summed E-state index contributed by atoms with van der Waals surface area (Å²) in [4.78, 5) is 37.9. The lowest BCUT2D eigenvalue weighted by Gasteiger charge is -2.29. The van der Waals surface area contributed by atoms with Gasteiger partial charge in [-0.25, -0.2) is 0 Å². The molecule has 0 bridgehead atoms. The topological polar surface area (TPSA) is 78.5 Å². The molecule has 122 valence electrons. The van der Waals surface area contributed by atoms with Crippen molar-refractivity contribution in [3.8, 4) is 0 Å². The van der Waals surface area contributed by atoms with Crippen molar-refractivity contribution in [1.29, 1.82) is 0 Å². The van der Waals surface area contributed by atoms with Crippen molar-refractivity contribution in [2.45, 2.75) is 37.6 Å². The molecule has 2 saturated heterocycles. The minimum absolute atomic E-state index is 0.00267. The number of thioether (sulfide) groups is 1. The van der Waals surface area contributed by atoms with Gasteiger partial charge in [-0.3, -0.25) is 25.2 Å². The summed E-state index contributed by atoms with van der Waals surface area (Å²) >= 11 is 1.62. The number of nitrogens with zero attached hydrogens (tertiary/aromatic N) is 1. The number of aryl methyl sites for hydroxylation is 1. The highest BCUT2D eigenvalue weighted by atomic mass is 32.2. The van der Waals surface area contributed by atoms with Crippen LogP contribution in [0.5, 0.6) is 0 Å². The van der Waals surface area contributed by atoms with Gasteiger partial charge >= 0.3 is 0 Å². The van der Waals surface area contributed by atoms with Crippen LogP contribution in [0.25, 0.3) is 0 Å². The van der Waals surface area contributed by atoms with E-state index in [9.17, 15) is 14.4 Å². The van der Waals surface area contributed by atoms with Gasteiger partial charge in [0.2, 0.25) is 5.91 Å². The molecular weight excluding hydrogens is 314 g/mol. The Morgan fingerprint density at radius 3 is 2.78 bits per heavy atom. The Hall–Kier alpha value is -2.02. The van der Waals surface area contributed by atoms with Crippen LogP contribution in [0, 0.1) is 6.92 Å². The van der Waals surface area contributed by atoms with Crippen LogP contribution in [0.4, 0.5) is 0 Å². The molecule has 23 heavy (non-hydrogen) atoms. The Labute approximate surface area is 139 Å². The van der Waals surface area contributed by atoms with E-state index >= 15 is 0 Å². The molecule has 0 unspecified atom stereocenters. The van der Waals surface area contributed by atoms with Crippen LogP contribution >= 0.6 is 11.8 Å². The molecule has 2 N–H and O–H groups in total. The summed E-state index contributed by atoms with van der Waals surface area (Å²) in [6.45, 7) is 3.82. The summed E-state index contributed by atoms with van der Waals surface area (Å²) in [5.41, 5.74) is 6.23. The number of rotatable bonds is 2. The minimum atomic E-state index is -0.530. The van der Waals surface area contributed by atoms with Crippen LogP contribution in [0.15, 0.2) is 24.3 Å². The SMILES string of the molecule is Cc1ccccc1C(=O)NNC(=O)[C@@H]1CS[C@@]2(C)CCC(=O)N12. The van der Waals surface area contributed by atoms with E-state index in [0.29, 0.717) is 17.7 Å². The first kappa shape index (κ1) is 15.9. The number of amides is 3. The highest BCUT2D eigenvalue weighted by Gasteiger charge is 2.52. The van der Waals surface area contributed by atoms with Gasteiger partial charge in [-0.15, -0.1) is 11.8 Å². The Morgan fingerprint density at radius 2 is 2.04 bits per heavy atom. The van der Waals surface area contributed by atoms with Gasteiger partial charge in [0.25, 0.3) is 11.8 Å². The quantitative estimate of drug-likeness (QED) is 0.798. The van der Waals surface area contributed by atoms with Gasteiger partial charge in [0.15, 0.2) is 0 Å². The van der Waals surface area contributed by atoms with Crippen molar-refractivity contribution in [3.63, 3.8) is 0 Å². The predicted molar refractivity (Wildman–Crippen MR) is 87.5 cm³/mol. The molecule has 2 heterocycles. The lowest BCUT2D eigenvalue weighted by Crippen LogP contribution is -2.54. The summed E-state index contributed by atoms with van der Waals surface area (Å²) in [6.07, 6.45) is 1.23. The average Bonchev–Trinajstić information content (AvgIpc) is 3.02. The van der Waals surface area contributed by atoms with Gasteiger partial charge in [-0.2, -0.15) is 0 Å². The largest absolute Gasteiger partial charge is 0.315 e. The highest BCUT2D eigenvalue weighted by molar-refractivity contribution is 8.01. The molecule has 0 radical (unpaired) electrons. The molecule has 0 saturated carbocycles. The van der Waals surface area contributed by atoms with E-state index in [-0.39, 0.29) is 22.6 Å². The normalized spacial score (nSPS) is 26.1. The van der Waals surface area contributed by atoms with E-state index in [1.807, 2.05) is 26.0 Å². The average molecular weight is 333 g/mol. The van der Waals surface area contributed by atoms with Gasteiger partial charge in [0.05, 0.1) is 4.87 Å². The van der Waals surface area contributed by atoms with E-state index in [4.69, 9.17) is 0 Å². The number of carbonyl (C=O) groups is 3. The standard InChI is InChI=1S/C16H19N3O3S/c1-10-5-3-4-6-11(10)14(21)17-18-15(22)12-9-23-16(2)8-7-13(20)19(12)16/h3-6,12H,7-9H2,1-2H3,(H,17,21)(H,18,22)/t12-,16-/m0/s1. The molecule has 1 aromatic rings. The monoisotopic (exact) mass is 333 g/mol. The second-order valence-electron chi connectivity index (χ2n) is 6.02. The van der Waals surface area contributed by atoms with Crippen LogP contribution in [0.2, 0.25) is 0 Å². The molecule has 6 nitrogen and oxygen atoms in total. The maximum Gasteiger partial charge on any atom is 0.269 e. The molecule has 0 aliphatic carbocycles. The second-order valence-corrected chi connectivity index (χ2v) is 7.53. The lowest BCUT2D eigenvalue weighted by molar-refractivity contribution is -0.138. The first-order valence-corrected chi connectivity index (χ1v) is 8.53. The molecule has 2 aliphatic rings. The van der Waals surface area contributed by atoms with E-state index in [1.54, 1.807) is 28.8 Å². The fourth-order valence-corrected chi connectivity index (χ4v) is 4.54. The predicted octanol–water partition coefficient (Wildman–Crippen LogP) is 1.21. The van der Waals surface area contributed by atoms with Crippen molar-refractivity contribution in [1.82, 2.24) is 15.8 Å². The first-order chi connectivity index (χ1) is 10.9. The van der Waals surface area contributed by atoms with Crippen LogP contribution in [-0.2, 0) is 9.59 Å². The van der Waals surface area contributed by atoms with Crippen molar-refractivity contribution >= 4 is 29.5 Å². The molecule has 2 aliphatic heterocycles. The van der Waals surface area contributed by atoms with Crippen molar-refractivity contribution in [2.75, 3.05) is 5.75 Å². The fourth-order valence-electron chi connectivity index (χ4n) is 3.11. The third-order valence-corrected chi connectivity index (χ3v) is 5.94. The van der Waals surface area contributed by atoms with E-state index in [0.717, 1.165) is 12.0 Å².